The van der Waals surface area contributed by atoms with E-state index in [0.29, 0.717) is 22.3 Å². The van der Waals surface area contributed by atoms with Crippen molar-refractivity contribution in [2.45, 2.75) is 6.42 Å². The van der Waals surface area contributed by atoms with Crippen molar-refractivity contribution in [2.24, 2.45) is 0 Å². The van der Waals surface area contributed by atoms with Crippen LogP contribution in [-0.4, -0.2) is 43.5 Å². The van der Waals surface area contributed by atoms with Crippen LogP contribution in [0, 0.1) is 5.82 Å². The van der Waals surface area contributed by atoms with Gasteiger partial charge < -0.3 is 10.2 Å². The number of hydrogen-bond donors (Lipinski definition) is 1. The number of anilines is 2. The molecule has 4 nitrogen and oxygen atoms in total. The van der Waals surface area contributed by atoms with Gasteiger partial charge in [-0.1, -0.05) is 23.2 Å². The zero-order valence-electron chi connectivity index (χ0n) is 14.2. The number of rotatable bonds is 4. The third-order valence-corrected chi connectivity index (χ3v) is 4.91. The summed E-state index contributed by atoms with van der Waals surface area (Å²) >= 11 is 12.0. The predicted octanol–water partition coefficient (Wildman–Crippen LogP) is 4.28. The van der Waals surface area contributed by atoms with Gasteiger partial charge in [0.1, 0.15) is 5.82 Å². The second-order valence-corrected chi connectivity index (χ2v) is 7.11. The number of benzene rings is 2. The third kappa shape index (κ3) is 5.10. The van der Waals surface area contributed by atoms with Crippen LogP contribution in [0.4, 0.5) is 15.8 Å². The molecule has 1 heterocycles. The van der Waals surface area contributed by atoms with Gasteiger partial charge in [-0.15, -0.1) is 0 Å². The van der Waals surface area contributed by atoms with Crippen LogP contribution in [0.2, 0.25) is 10.0 Å². The molecule has 1 N–H and O–H groups in total. The van der Waals surface area contributed by atoms with E-state index >= 15 is 0 Å². The van der Waals surface area contributed by atoms with Gasteiger partial charge in [-0.2, -0.15) is 0 Å². The van der Waals surface area contributed by atoms with E-state index in [9.17, 15) is 9.18 Å². The fourth-order valence-electron chi connectivity index (χ4n) is 3.03. The van der Waals surface area contributed by atoms with Crippen molar-refractivity contribution in [3.8, 4) is 0 Å². The van der Waals surface area contributed by atoms with E-state index in [-0.39, 0.29) is 11.7 Å². The second-order valence-electron chi connectivity index (χ2n) is 6.27. The molecule has 1 amide bonds. The van der Waals surface area contributed by atoms with Crippen LogP contribution in [0.1, 0.15) is 6.42 Å². The first-order valence-corrected chi connectivity index (χ1v) is 9.24. The molecule has 2 aromatic rings. The summed E-state index contributed by atoms with van der Waals surface area (Å²) in [5, 5.41) is 3.80. The lowest BCUT2D eigenvalue weighted by Gasteiger charge is -2.23. The predicted molar refractivity (Wildman–Crippen MR) is 105 cm³/mol. The maximum absolute atomic E-state index is 13.1. The smallest absolute Gasteiger partial charge is 0.238 e. The topological polar surface area (TPSA) is 35.6 Å². The number of carbonyl (C=O) groups excluding carboxylic acids is 1. The van der Waals surface area contributed by atoms with Crippen molar-refractivity contribution in [1.29, 1.82) is 0 Å². The van der Waals surface area contributed by atoms with Crippen molar-refractivity contribution in [2.75, 3.05) is 42.9 Å². The normalized spacial score (nSPS) is 15.6. The fourth-order valence-corrected chi connectivity index (χ4v) is 3.36. The van der Waals surface area contributed by atoms with Gasteiger partial charge in [-0.3, -0.25) is 9.69 Å². The molecule has 1 saturated heterocycles. The highest BCUT2D eigenvalue weighted by Crippen LogP contribution is 2.25. The Labute approximate surface area is 162 Å². The molecule has 1 aliphatic rings. The average molecular weight is 396 g/mol. The van der Waals surface area contributed by atoms with Gasteiger partial charge in [0.2, 0.25) is 5.91 Å². The Kier molecular flexibility index (Phi) is 6.35. The molecule has 2 aromatic carbocycles. The molecule has 0 atom stereocenters. The molecule has 138 valence electrons. The summed E-state index contributed by atoms with van der Waals surface area (Å²) in [6, 6.07) is 11.5. The molecule has 0 spiro atoms. The number of nitrogens with zero attached hydrogens (tertiary/aromatic N) is 2. The Balaban J connectivity index is 1.55. The maximum atomic E-state index is 13.1. The molecule has 0 unspecified atom stereocenters. The molecule has 26 heavy (non-hydrogen) atoms. The van der Waals surface area contributed by atoms with Crippen LogP contribution < -0.4 is 10.2 Å². The van der Waals surface area contributed by atoms with Gasteiger partial charge in [0.15, 0.2) is 0 Å². The average Bonchev–Trinajstić information content (AvgIpc) is 2.84. The Morgan fingerprint density at radius 1 is 1.04 bits per heavy atom. The highest BCUT2D eigenvalue weighted by molar-refractivity contribution is 6.35. The van der Waals surface area contributed by atoms with Crippen molar-refractivity contribution in [3.63, 3.8) is 0 Å². The van der Waals surface area contributed by atoms with E-state index in [4.69, 9.17) is 23.2 Å². The van der Waals surface area contributed by atoms with Crippen molar-refractivity contribution >= 4 is 40.5 Å². The molecule has 7 heteroatoms. The minimum Gasteiger partial charge on any atom is -0.370 e. The van der Waals surface area contributed by atoms with Gasteiger partial charge in [-0.05, 0) is 48.9 Å². The Morgan fingerprint density at radius 3 is 2.58 bits per heavy atom. The first-order valence-electron chi connectivity index (χ1n) is 8.49. The van der Waals surface area contributed by atoms with Crippen molar-refractivity contribution in [3.05, 3.63) is 58.3 Å². The Hall–Kier alpha value is -1.82. The zero-order chi connectivity index (χ0) is 18.5. The summed E-state index contributed by atoms with van der Waals surface area (Å²) in [6.45, 7) is 3.54. The molecule has 0 aromatic heterocycles. The van der Waals surface area contributed by atoms with E-state index in [1.165, 1.54) is 12.1 Å². The van der Waals surface area contributed by atoms with Crippen molar-refractivity contribution < 1.29 is 9.18 Å². The number of hydrogen-bond acceptors (Lipinski definition) is 3. The van der Waals surface area contributed by atoms with Gasteiger partial charge in [-0.25, -0.2) is 4.39 Å². The fraction of sp³-hybridized carbons (Fsp3) is 0.316. The summed E-state index contributed by atoms with van der Waals surface area (Å²) in [4.78, 5) is 16.7. The Bertz CT molecular complexity index is 770. The lowest BCUT2D eigenvalue weighted by molar-refractivity contribution is -0.117. The molecule has 3 rings (SSSR count). The molecule has 0 bridgehead atoms. The van der Waals surface area contributed by atoms with Gasteiger partial charge in [0.25, 0.3) is 0 Å². The maximum Gasteiger partial charge on any atom is 0.238 e. The largest absolute Gasteiger partial charge is 0.370 e. The van der Waals surface area contributed by atoms with E-state index in [1.807, 2.05) is 0 Å². The van der Waals surface area contributed by atoms with E-state index in [0.717, 1.165) is 38.3 Å². The molecule has 1 fully saturated rings. The van der Waals surface area contributed by atoms with Crippen molar-refractivity contribution in [1.82, 2.24) is 4.90 Å². The highest BCUT2D eigenvalue weighted by atomic mass is 35.5. The molecular formula is C19H20Cl2FN3O. The van der Waals surface area contributed by atoms with Crippen LogP contribution in [0.3, 0.4) is 0 Å². The zero-order valence-corrected chi connectivity index (χ0v) is 15.7. The summed E-state index contributed by atoms with van der Waals surface area (Å²) < 4.78 is 13.1. The number of carbonyl (C=O) groups is 1. The van der Waals surface area contributed by atoms with Crippen LogP contribution in [0.15, 0.2) is 42.5 Å². The number of nitrogens with one attached hydrogen (secondary N) is 1. The molecule has 0 radical (unpaired) electrons. The molecule has 0 aliphatic carbocycles. The van der Waals surface area contributed by atoms with Gasteiger partial charge in [0, 0.05) is 36.9 Å². The molecule has 1 aliphatic heterocycles. The first-order chi connectivity index (χ1) is 12.5. The standard InChI is InChI=1S/C19H20Cl2FN3O/c20-14-2-7-17(21)18(12-14)23-19(26)13-24-8-1-9-25(11-10-24)16-5-3-15(22)4-6-16/h2-7,12H,1,8-11,13H2,(H,23,26). The summed E-state index contributed by atoms with van der Waals surface area (Å²) in [7, 11) is 0. The summed E-state index contributed by atoms with van der Waals surface area (Å²) in [5.41, 5.74) is 1.52. The van der Waals surface area contributed by atoms with Gasteiger partial charge in [0.05, 0.1) is 17.3 Å². The first kappa shape index (κ1) is 19.0. The summed E-state index contributed by atoms with van der Waals surface area (Å²) in [5.74, 6) is -0.356. The van der Waals surface area contributed by atoms with Crippen LogP contribution >= 0.6 is 23.2 Å². The van der Waals surface area contributed by atoms with E-state index in [2.05, 4.69) is 15.1 Å². The van der Waals surface area contributed by atoms with Crippen LogP contribution in [0.25, 0.3) is 0 Å². The van der Waals surface area contributed by atoms with Crippen LogP contribution in [-0.2, 0) is 4.79 Å². The lowest BCUT2D eigenvalue weighted by Crippen LogP contribution is -2.36. The number of amides is 1. The summed E-state index contributed by atoms with van der Waals surface area (Å²) in [6.07, 6.45) is 0.933. The van der Waals surface area contributed by atoms with Crippen LogP contribution in [0.5, 0.6) is 0 Å². The molecular weight excluding hydrogens is 376 g/mol. The molecule has 0 saturated carbocycles. The minimum absolute atomic E-state index is 0.121. The van der Waals surface area contributed by atoms with E-state index in [1.54, 1.807) is 30.3 Å². The third-order valence-electron chi connectivity index (χ3n) is 4.35. The second kappa shape index (κ2) is 8.71. The quantitative estimate of drug-likeness (QED) is 0.838. The lowest BCUT2D eigenvalue weighted by atomic mass is 10.2. The minimum atomic E-state index is -0.235. The van der Waals surface area contributed by atoms with Gasteiger partial charge >= 0.3 is 0 Å². The highest BCUT2D eigenvalue weighted by Gasteiger charge is 2.18. The SMILES string of the molecule is O=C(CN1CCCN(c2ccc(F)cc2)CC1)Nc1cc(Cl)ccc1Cl. The Morgan fingerprint density at radius 2 is 1.81 bits per heavy atom. The van der Waals surface area contributed by atoms with E-state index < -0.39 is 0 Å². The monoisotopic (exact) mass is 395 g/mol. The number of halogens is 3.